The van der Waals surface area contributed by atoms with Crippen molar-refractivity contribution in [3.63, 3.8) is 0 Å². The first kappa shape index (κ1) is 13.9. The van der Waals surface area contributed by atoms with Gasteiger partial charge in [-0.05, 0) is 43.3 Å². The van der Waals surface area contributed by atoms with Crippen molar-refractivity contribution < 1.29 is 4.74 Å². The number of thiocarbonyl (C=S) groups is 1. The molecule has 19 heavy (non-hydrogen) atoms. The van der Waals surface area contributed by atoms with E-state index in [1.807, 2.05) is 29.2 Å². The summed E-state index contributed by atoms with van der Waals surface area (Å²) in [6.07, 6.45) is 2.14. The van der Waals surface area contributed by atoms with E-state index in [9.17, 15) is 0 Å². The summed E-state index contributed by atoms with van der Waals surface area (Å²) in [5.74, 6) is 0.901. The lowest BCUT2D eigenvalue weighted by Gasteiger charge is -2.21. The van der Waals surface area contributed by atoms with Gasteiger partial charge in [0.25, 0.3) is 0 Å². The Morgan fingerprint density at radius 1 is 1.26 bits per heavy atom. The number of hydrogen-bond donors (Lipinski definition) is 0. The van der Waals surface area contributed by atoms with Gasteiger partial charge >= 0.3 is 0 Å². The van der Waals surface area contributed by atoms with Crippen molar-refractivity contribution >= 4 is 17.3 Å². The smallest absolute Gasteiger partial charge is 0.218 e. The maximum atomic E-state index is 5.64. The van der Waals surface area contributed by atoms with Gasteiger partial charge in [0.2, 0.25) is 5.11 Å². The Labute approximate surface area is 119 Å². The van der Waals surface area contributed by atoms with E-state index in [4.69, 9.17) is 17.0 Å². The molecule has 0 aliphatic carbocycles. The van der Waals surface area contributed by atoms with E-state index >= 15 is 0 Å². The average molecular weight is 277 g/mol. The Morgan fingerprint density at radius 3 is 2.63 bits per heavy atom. The van der Waals surface area contributed by atoms with Crippen LogP contribution in [0.25, 0.3) is 0 Å². The molecule has 0 saturated heterocycles. The van der Waals surface area contributed by atoms with Crippen LogP contribution in [-0.4, -0.2) is 23.2 Å². The number of benzene rings is 1. The van der Waals surface area contributed by atoms with Crippen molar-refractivity contribution in [2.75, 3.05) is 13.2 Å². The van der Waals surface area contributed by atoms with Crippen LogP contribution in [0.1, 0.15) is 38.4 Å². The molecule has 1 atom stereocenters. The van der Waals surface area contributed by atoms with E-state index in [2.05, 4.69) is 24.1 Å². The minimum Gasteiger partial charge on any atom is -0.494 e. The second-order valence-corrected chi connectivity index (χ2v) is 4.79. The Balaban J connectivity index is 2.02. The van der Waals surface area contributed by atoms with Gasteiger partial charge in [-0.1, -0.05) is 25.5 Å². The van der Waals surface area contributed by atoms with Gasteiger partial charge in [-0.3, -0.25) is 0 Å². The van der Waals surface area contributed by atoms with Crippen LogP contribution in [0.5, 0.6) is 5.75 Å². The molecule has 0 aromatic heterocycles. The average Bonchev–Trinajstić information content (AvgIpc) is 2.81. The highest BCUT2D eigenvalue weighted by Gasteiger charge is 2.26. The van der Waals surface area contributed by atoms with Crippen molar-refractivity contribution in [3.8, 4) is 5.75 Å². The zero-order valence-electron chi connectivity index (χ0n) is 11.4. The van der Waals surface area contributed by atoms with Gasteiger partial charge in [0.05, 0.1) is 6.61 Å². The second-order valence-electron chi connectivity index (χ2n) is 4.43. The highest BCUT2D eigenvalue weighted by molar-refractivity contribution is 7.80. The van der Waals surface area contributed by atoms with Crippen LogP contribution < -0.4 is 4.74 Å². The zero-order chi connectivity index (χ0) is 13.7. The minimum absolute atomic E-state index is 0.0813. The molecule has 102 valence electrons. The molecular formula is C14H19N3OS. The molecule has 0 saturated carbocycles. The molecule has 0 spiro atoms. The summed E-state index contributed by atoms with van der Waals surface area (Å²) in [6.45, 7) is 5.78. The molecule has 1 aromatic carbocycles. The Hall–Kier alpha value is -1.49. The molecule has 0 fully saturated rings. The number of azo groups is 1. The SMILES string of the molecule is CCCCOc1ccc(C2N=NC(=S)N2CC)cc1. The molecule has 1 heterocycles. The van der Waals surface area contributed by atoms with E-state index in [1.54, 1.807) is 0 Å². The third-order valence-corrected chi connectivity index (χ3v) is 3.40. The Morgan fingerprint density at radius 2 is 2.00 bits per heavy atom. The number of hydrogen-bond acceptors (Lipinski definition) is 3. The van der Waals surface area contributed by atoms with Crippen molar-refractivity contribution in [3.05, 3.63) is 29.8 Å². The van der Waals surface area contributed by atoms with Gasteiger partial charge in [-0.15, -0.1) is 5.11 Å². The van der Waals surface area contributed by atoms with Crippen LogP contribution in [0, 0.1) is 0 Å². The molecule has 1 aliphatic heterocycles. The van der Waals surface area contributed by atoms with Gasteiger partial charge < -0.3 is 9.64 Å². The van der Waals surface area contributed by atoms with Crippen LogP contribution in [0.2, 0.25) is 0 Å². The fraction of sp³-hybridized carbons (Fsp3) is 0.500. The van der Waals surface area contributed by atoms with Crippen LogP contribution >= 0.6 is 12.2 Å². The number of rotatable bonds is 6. The molecule has 0 amide bonds. The van der Waals surface area contributed by atoms with E-state index in [-0.39, 0.29) is 6.17 Å². The number of ether oxygens (including phenoxy) is 1. The Kier molecular flexibility index (Phi) is 4.85. The van der Waals surface area contributed by atoms with Gasteiger partial charge in [0.15, 0.2) is 6.17 Å². The summed E-state index contributed by atoms with van der Waals surface area (Å²) < 4.78 is 5.64. The number of nitrogens with zero attached hydrogens (tertiary/aromatic N) is 3. The fourth-order valence-corrected chi connectivity index (χ4v) is 2.23. The standard InChI is InChI=1S/C14H19N3OS/c1-3-5-10-18-12-8-6-11(7-9-12)13-15-16-14(19)17(13)4-2/h6-9,13H,3-5,10H2,1-2H3. The maximum absolute atomic E-state index is 5.64. The van der Waals surface area contributed by atoms with E-state index in [0.717, 1.165) is 37.3 Å². The van der Waals surface area contributed by atoms with Gasteiger partial charge in [0, 0.05) is 6.54 Å². The molecule has 1 aromatic rings. The predicted octanol–water partition coefficient (Wildman–Crippen LogP) is 3.94. The topological polar surface area (TPSA) is 37.2 Å². The predicted molar refractivity (Wildman–Crippen MR) is 79.4 cm³/mol. The third kappa shape index (κ3) is 3.29. The third-order valence-electron chi connectivity index (χ3n) is 3.08. The normalized spacial score (nSPS) is 18.1. The number of unbranched alkanes of at least 4 members (excludes halogenated alkanes) is 1. The lowest BCUT2D eigenvalue weighted by molar-refractivity contribution is 0.309. The summed E-state index contributed by atoms with van der Waals surface area (Å²) in [4.78, 5) is 2.00. The molecule has 0 N–H and O–H groups in total. The quantitative estimate of drug-likeness (QED) is 0.584. The van der Waals surface area contributed by atoms with E-state index in [0.29, 0.717) is 5.11 Å². The van der Waals surface area contributed by atoms with Gasteiger partial charge in [-0.2, -0.15) is 5.11 Å². The van der Waals surface area contributed by atoms with Crippen LogP contribution in [-0.2, 0) is 0 Å². The van der Waals surface area contributed by atoms with Crippen molar-refractivity contribution in [1.82, 2.24) is 4.90 Å². The first-order valence-electron chi connectivity index (χ1n) is 6.70. The van der Waals surface area contributed by atoms with Crippen LogP contribution in [0.4, 0.5) is 0 Å². The molecule has 4 nitrogen and oxygen atoms in total. The van der Waals surface area contributed by atoms with Crippen molar-refractivity contribution in [1.29, 1.82) is 0 Å². The fourth-order valence-electron chi connectivity index (χ4n) is 1.95. The first-order chi connectivity index (χ1) is 9.26. The summed E-state index contributed by atoms with van der Waals surface area (Å²) >= 11 is 5.15. The zero-order valence-corrected chi connectivity index (χ0v) is 12.2. The summed E-state index contributed by atoms with van der Waals surface area (Å²) in [7, 11) is 0. The van der Waals surface area contributed by atoms with Gasteiger partial charge in [0.1, 0.15) is 5.75 Å². The lowest BCUT2D eigenvalue weighted by atomic mass is 10.1. The summed E-state index contributed by atoms with van der Waals surface area (Å²) in [5.41, 5.74) is 1.09. The molecule has 0 bridgehead atoms. The molecular weight excluding hydrogens is 258 g/mol. The van der Waals surface area contributed by atoms with Gasteiger partial charge in [-0.25, -0.2) is 0 Å². The molecule has 2 rings (SSSR count). The van der Waals surface area contributed by atoms with Crippen LogP contribution in [0.15, 0.2) is 34.5 Å². The highest BCUT2D eigenvalue weighted by Crippen LogP contribution is 2.29. The first-order valence-corrected chi connectivity index (χ1v) is 7.11. The highest BCUT2D eigenvalue weighted by atomic mass is 32.1. The summed E-state index contributed by atoms with van der Waals surface area (Å²) in [6, 6.07) is 8.02. The lowest BCUT2D eigenvalue weighted by Crippen LogP contribution is -2.26. The minimum atomic E-state index is -0.0813. The molecule has 0 radical (unpaired) electrons. The maximum Gasteiger partial charge on any atom is 0.218 e. The van der Waals surface area contributed by atoms with Crippen molar-refractivity contribution in [2.24, 2.45) is 10.2 Å². The van der Waals surface area contributed by atoms with Crippen LogP contribution in [0.3, 0.4) is 0 Å². The Bertz CT molecular complexity index is 458. The molecule has 1 aliphatic rings. The van der Waals surface area contributed by atoms with E-state index in [1.165, 1.54) is 0 Å². The molecule has 5 heteroatoms. The largest absolute Gasteiger partial charge is 0.494 e. The van der Waals surface area contributed by atoms with Crippen molar-refractivity contribution in [2.45, 2.75) is 32.9 Å². The second kappa shape index (κ2) is 6.61. The monoisotopic (exact) mass is 277 g/mol. The summed E-state index contributed by atoms with van der Waals surface area (Å²) in [5, 5.41) is 8.76. The molecule has 1 unspecified atom stereocenters. The van der Waals surface area contributed by atoms with E-state index < -0.39 is 0 Å².